The highest BCUT2D eigenvalue weighted by Crippen LogP contribution is 2.23. The van der Waals surface area contributed by atoms with Gasteiger partial charge in [-0.1, -0.05) is 27.7 Å². The number of halogens is 3. The van der Waals surface area contributed by atoms with E-state index in [2.05, 4.69) is 16.0 Å². The molecule has 0 aromatic carbocycles. The summed E-state index contributed by atoms with van der Waals surface area (Å²) in [7, 11) is 0. The molecule has 6 N–H and O–H groups in total. The lowest BCUT2D eigenvalue weighted by Gasteiger charge is -2.34. The Balaban J connectivity index is 6.02. The molecule has 35 heavy (non-hydrogen) atoms. The molecule has 0 spiro atoms. The van der Waals surface area contributed by atoms with E-state index in [1.165, 1.54) is 13.8 Å². The van der Waals surface area contributed by atoms with E-state index < -0.39 is 78.4 Å². The molecule has 0 radical (unpaired) electrons. The number of hydrogen-bond acceptors (Lipinski definition) is 6. The third-order valence-corrected chi connectivity index (χ3v) is 5.27. The van der Waals surface area contributed by atoms with Gasteiger partial charge in [-0.15, -0.1) is 0 Å². The summed E-state index contributed by atoms with van der Waals surface area (Å²) < 4.78 is 38.4. The van der Waals surface area contributed by atoms with Gasteiger partial charge >= 0.3 is 6.18 Å². The van der Waals surface area contributed by atoms with Crippen molar-refractivity contribution in [2.24, 2.45) is 23.5 Å². The van der Waals surface area contributed by atoms with Crippen LogP contribution in [-0.4, -0.2) is 66.7 Å². The first-order valence-corrected chi connectivity index (χ1v) is 11.0. The summed E-state index contributed by atoms with van der Waals surface area (Å²) in [6, 6.07) is -4.37. The molecule has 0 aliphatic rings. The zero-order valence-corrected chi connectivity index (χ0v) is 20.3. The Morgan fingerprint density at radius 1 is 0.943 bits per heavy atom. The predicted octanol–water partition coefficient (Wildman–Crippen LogP) is -0.468. The largest absolute Gasteiger partial charge is 0.452 e. The smallest absolute Gasteiger partial charge is 0.370 e. The number of hydrogen-bond donors (Lipinski definition) is 5. The van der Waals surface area contributed by atoms with Crippen LogP contribution in [0.1, 0.15) is 47.5 Å². The van der Waals surface area contributed by atoms with Crippen LogP contribution < -0.4 is 27.0 Å². The van der Waals surface area contributed by atoms with Crippen molar-refractivity contribution in [2.75, 3.05) is 6.54 Å². The molecular weight excluding hydrogens is 475 g/mol. The van der Waals surface area contributed by atoms with Crippen molar-refractivity contribution in [3.05, 3.63) is 0 Å². The minimum atomic E-state index is -5.20. The normalized spacial score (nSPS) is 15.7. The lowest BCUT2D eigenvalue weighted by Crippen LogP contribution is -2.58. The molecule has 200 valence electrons. The van der Waals surface area contributed by atoms with E-state index in [0.717, 1.165) is 0 Å². The van der Waals surface area contributed by atoms with Crippen molar-refractivity contribution in [3.63, 3.8) is 0 Å². The Kier molecular flexibility index (Phi) is 13.0. The second kappa shape index (κ2) is 14.3. The Morgan fingerprint density at radius 2 is 1.49 bits per heavy atom. The first kappa shape index (κ1) is 31.8. The Hall–Kier alpha value is -3.19. The Bertz CT molecular complexity index is 790. The molecule has 2 unspecified atom stereocenters. The third-order valence-electron chi connectivity index (χ3n) is 5.27. The third kappa shape index (κ3) is 10.7. The fourth-order valence-electron chi connectivity index (χ4n) is 3.54. The number of alkyl halides is 3. The molecule has 0 heterocycles. The van der Waals surface area contributed by atoms with Crippen LogP contribution in [0.2, 0.25) is 0 Å². The average molecular weight is 510 g/mol. The van der Waals surface area contributed by atoms with Gasteiger partial charge < -0.3 is 27.0 Å². The van der Waals surface area contributed by atoms with Crippen LogP contribution in [0.25, 0.3) is 0 Å². The van der Waals surface area contributed by atoms with Gasteiger partial charge in [-0.2, -0.15) is 13.2 Å². The topological polar surface area (TPSA) is 177 Å². The molecule has 0 saturated carbocycles. The van der Waals surface area contributed by atoms with Gasteiger partial charge in [0, 0.05) is 19.5 Å². The number of nitrogens with two attached hydrogens (primary N) is 1. The molecule has 0 fully saturated rings. The summed E-state index contributed by atoms with van der Waals surface area (Å²) in [6.07, 6.45) is -5.93. The predicted molar refractivity (Wildman–Crippen MR) is 118 cm³/mol. The van der Waals surface area contributed by atoms with Crippen molar-refractivity contribution in [3.8, 4) is 0 Å². The van der Waals surface area contributed by atoms with Gasteiger partial charge in [-0.25, -0.2) is 0 Å². The van der Waals surface area contributed by atoms with E-state index in [1.807, 2.05) is 5.32 Å². The molecule has 14 heteroatoms. The van der Waals surface area contributed by atoms with E-state index >= 15 is 0 Å². The highest BCUT2D eigenvalue weighted by atomic mass is 19.4. The van der Waals surface area contributed by atoms with Crippen LogP contribution in [0.3, 0.4) is 0 Å². The van der Waals surface area contributed by atoms with Crippen LogP contribution in [0, 0.1) is 17.8 Å². The van der Waals surface area contributed by atoms with Crippen molar-refractivity contribution in [1.82, 2.24) is 21.3 Å². The molecule has 0 aromatic rings. The Labute approximate surface area is 201 Å². The first-order valence-electron chi connectivity index (χ1n) is 11.0. The summed E-state index contributed by atoms with van der Waals surface area (Å²) in [5.74, 6) is -7.57. The molecule has 0 bridgehead atoms. The standard InChI is InChI=1S/C21H34F3N5O6/c1-6-13(18(33)21(22,23)24)28-19(34)14(7-15(25)32)29-20(35)16(11(4)8-26-9-30)17(10(2)3)27-12(5)31/h9-11,13-14,16-17H,6-8H2,1-5H3,(H2,25,32)(H,26,30)(H,27,31)(H,28,34)(H,29,35)/t11?,13?,14-,16-,17-/m0/s1. The second-order valence-corrected chi connectivity index (χ2v) is 8.56. The molecule has 0 rings (SSSR count). The SMILES string of the molecule is CCC(NC(=O)[C@H](CC(N)=O)NC(=O)[C@@H](C(C)CNC=O)[C@@H](NC(C)=O)C(C)C)C(=O)C(F)(F)F. The van der Waals surface area contributed by atoms with Gasteiger partial charge in [-0.05, 0) is 18.3 Å². The number of ketones is 1. The number of carbonyl (C=O) groups is 6. The van der Waals surface area contributed by atoms with Gasteiger partial charge in [0.2, 0.25) is 30.0 Å². The lowest BCUT2D eigenvalue weighted by atomic mass is 9.80. The molecule has 5 amide bonds. The van der Waals surface area contributed by atoms with Crippen LogP contribution in [0.4, 0.5) is 13.2 Å². The molecule has 0 aliphatic carbocycles. The zero-order chi connectivity index (χ0) is 27.5. The summed E-state index contributed by atoms with van der Waals surface area (Å²) in [5.41, 5.74) is 5.15. The maximum Gasteiger partial charge on any atom is 0.452 e. The zero-order valence-electron chi connectivity index (χ0n) is 20.3. The molecule has 0 aliphatic heterocycles. The van der Waals surface area contributed by atoms with Crippen molar-refractivity contribution in [2.45, 2.75) is 71.8 Å². The van der Waals surface area contributed by atoms with Crippen LogP contribution in [0.5, 0.6) is 0 Å². The average Bonchev–Trinajstić information content (AvgIpc) is 2.72. The summed E-state index contributed by atoms with van der Waals surface area (Å²) in [6.45, 7) is 7.57. The van der Waals surface area contributed by atoms with Crippen LogP contribution >= 0.6 is 0 Å². The molecule has 0 aromatic heterocycles. The maximum atomic E-state index is 13.3. The quantitative estimate of drug-likeness (QED) is 0.186. The van der Waals surface area contributed by atoms with Gasteiger partial charge in [0.25, 0.3) is 5.78 Å². The number of rotatable bonds is 15. The lowest BCUT2D eigenvalue weighted by molar-refractivity contribution is -0.173. The fourth-order valence-corrected chi connectivity index (χ4v) is 3.54. The molecule has 11 nitrogen and oxygen atoms in total. The molecular formula is C21H34F3N5O6. The summed E-state index contributed by atoms with van der Waals surface area (Å²) in [4.78, 5) is 71.5. The van der Waals surface area contributed by atoms with Crippen molar-refractivity contribution >= 4 is 35.8 Å². The first-order chi connectivity index (χ1) is 16.1. The molecule has 0 saturated heterocycles. The van der Waals surface area contributed by atoms with Crippen molar-refractivity contribution < 1.29 is 41.9 Å². The number of nitrogens with one attached hydrogen (secondary N) is 4. The minimum absolute atomic E-state index is 0.0229. The maximum absolute atomic E-state index is 13.3. The monoisotopic (exact) mass is 509 g/mol. The second-order valence-electron chi connectivity index (χ2n) is 8.56. The highest BCUT2D eigenvalue weighted by Gasteiger charge is 2.44. The van der Waals surface area contributed by atoms with E-state index in [4.69, 9.17) is 5.73 Å². The summed E-state index contributed by atoms with van der Waals surface area (Å²) in [5, 5.41) is 9.31. The van der Waals surface area contributed by atoms with Gasteiger partial charge in [-0.3, -0.25) is 28.8 Å². The van der Waals surface area contributed by atoms with Crippen molar-refractivity contribution in [1.29, 1.82) is 0 Å². The number of primary amides is 1. The molecule has 5 atom stereocenters. The number of amides is 5. The highest BCUT2D eigenvalue weighted by molar-refractivity contribution is 5.97. The van der Waals surface area contributed by atoms with Crippen LogP contribution in [0.15, 0.2) is 0 Å². The van der Waals surface area contributed by atoms with Gasteiger partial charge in [0.05, 0.1) is 18.4 Å². The summed E-state index contributed by atoms with van der Waals surface area (Å²) >= 11 is 0. The van der Waals surface area contributed by atoms with E-state index in [0.29, 0.717) is 6.41 Å². The Morgan fingerprint density at radius 3 is 1.89 bits per heavy atom. The fraction of sp³-hybridized carbons (Fsp3) is 0.714. The van der Waals surface area contributed by atoms with Crippen LogP contribution in [-0.2, 0) is 28.8 Å². The number of Topliss-reactive ketones (excluding diaryl/α,β-unsaturated/α-hetero) is 1. The van der Waals surface area contributed by atoms with E-state index in [1.54, 1.807) is 20.8 Å². The van der Waals surface area contributed by atoms with E-state index in [-0.39, 0.29) is 12.5 Å². The van der Waals surface area contributed by atoms with E-state index in [9.17, 15) is 41.9 Å². The number of carbonyl (C=O) groups excluding carboxylic acids is 6. The van der Waals surface area contributed by atoms with Gasteiger partial charge in [0.15, 0.2) is 0 Å². The minimum Gasteiger partial charge on any atom is -0.370 e. The van der Waals surface area contributed by atoms with Gasteiger partial charge in [0.1, 0.15) is 6.04 Å².